The second-order valence-electron chi connectivity index (χ2n) is 8.84. The van der Waals surface area contributed by atoms with Gasteiger partial charge in [-0.05, 0) is 62.5 Å². The van der Waals surface area contributed by atoms with Crippen molar-refractivity contribution in [2.75, 3.05) is 47.3 Å². The van der Waals surface area contributed by atoms with Crippen LogP contribution in [0.25, 0.3) is 21.8 Å². The van der Waals surface area contributed by atoms with Gasteiger partial charge in [0.2, 0.25) is 5.75 Å². The highest BCUT2D eigenvalue weighted by Gasteiger charge is 2.17. The first-order valence-electron chi connectivity index (χ1n) is 11.6. The minimum atomic E-state index is 0.0350. The van der Waals surface area contributed by atoms with Gasteiger partial charge in [0.25, 0.3) is 0 Å². The molecule has 0 aliphatic carbocycles. The molecule has 0 unspecified atom stereocenters. The van der Waals surface area contributed by atoms with Crippen molar-refractivity contribution in [3.8, 4) is 17.2 Å². The van der Waals surface area contributed by atoms with Gasteiger partial charge in [-0.15, -0.1) is 0 Å². The van der Waals surface area contributed by atoms with Crippen LogP contribution in [-0.2, 0) is 13.1 Å². The summed E-state index contributed by atoms with van der Waals surface area (Å²) >= 11 is 0. The summed E-state index contributed by atoms with van der Waals surface area (Å²) in [5.41, 5.74) is 4.79. The van der Waals surface area contributed by atoms with Crippen molar-refractivity contribution in [3.05, 3.63) is 69.9 Å². The summed E-state index contributed by atoms with van der Waals surface area (Å²) in [6, 6.07) is 15.7. The number of hydrogen-bond donors (Lipinski definition) is 1. The number of hydrogen-bond acceptors (Lipinski definition) is 6. The fourth-order valence-electron chi connectivity index (χ4n) is 4.57. The van der Waals surface area contributed by atoms with Gasteiger partial charge in [0.1, 0.15) is 0 Å². The van der Waals surface area contributed by atoms with E-state index < -0.39 is 0 Å². The Morgan fingerprint density at radius 2 is 1.63 bits per heavy atom. The SMILES string of the molecule is COc1cc(CNc2cccc3c2c(=O)c2cccc(C)c2n3CCN(C)C)cc(OC)c1OC. The van der Waals surface area contributed by atoms with Crippen LogP contribution in [0, 0.1) is 6.92 Å². The first kappa shape index (κ1) is 24.4. The molecule has 0 atom stereocenters. The molecule has 0 aliphatic heterocycles. The monoisotopic (exact) mass is 475 g/mol. The van der Waals surface area contributed by atoms with Crippen LogP contribution in [0.15, 0.2) is 53.3 Å². The van der Waals surface area contributed by atoms with Crippen LogP contribution in [0.5, 0.6) is 17.2 Å². The summed E-state index contributed by atoms with van der Waals surface area (Å²) in [6.07, 6.45) is 0. The number of aromatic nitrogens is 1. The van der Waals surface area contributed by atoms with E-state index in [1.165, 1.54) is 0 Å². The van der Waals surface area contributed by atoms with E-state index in [1.807, 2.05) is 42.5 Å². The third-order valence-electron chi connectivity index (χ3n) is 6.29. The molecule has 0 amide bonds. The average molecular weight is 476 g/mol. The number of methoxy groups -OCH3 is 3. The number of rotatable bonds is 9. The number of nitrogens with zero attached hydrogens (tertiary/aromatic N) is 2. The van der Waals surface area contributed by atoms with E-state index in [0.29, 0.717) is 29.2 Å². The summed E-state index contributed by atoms with van der Waals surface area (Å²) in [5.74, 6) is 1.73. The average Bonchev–Trinajstić information content (AvgIpc) is 2.86. The molecule has 184 valence electrons. The van der Waals surface area contributed by atoms with Crippen LogP contribution in [0.2, 0.25) is 0 Å². The molecule has 0 saturated carbocycles. The number of ether oxygens (including phenoxy) is 3. The van der Waals surface area contributed by atoms with Gasteiger partial charge >= 0.3 is 0 Å². The van der Waals surface area contributed by atoms with E-state index in [9.17, 15) is 4.79 Å². The molecule has 0 saturated heterocycles. The largest absolute Gasteiger partial charge is 0.493 e. The lowest BCUT2D eigenvalue weighted by Crippen LogP contribution is -2.21. The van der Waals surface area contributed by atoms with E-state index in [-0.39, 0.29) is 5.43 Å². The van der Waals surface area contributed by atoms with Gasteiger partial charge in [-0.1, -0.05) is 18.2 Å². The van der Waals surface area contributed by atoms with E-state index >= 15 is 0 Å². The van der Waals surface area contributed by atoms with E-state index in [1.54, 1.807) is 21.3 Å². The highest BCUT2D eigenvalue weighted by molar-refractivity contribution is 6.00. The number of likely N-dealkylation sites (N-methyl/N-ethyl adjacent to an activating group) is 1. The topological polar surface area (TPSA) is 65.0 Å². The lowest BCUT2D eigenvalue weighted by Gasteiger charge is -2.20. The highest BCUT2D eigenvalue weighted by Crippen LogP contribution is 2.38. The summed E-state index contributed by atoms with van der Waals surface area (Å²) in [5, 5.41) is 4.91. The fourth-order valence-corrected chi connectivity index (χ4v) is 4.57. The molecule has 0 bridgehead atoms. The van der Waals surface area contributed by atoms with Crippen molar-refractivity contribution in [2.45, 2.75) is 20.0 Å². The molecule has 3 aromatic carbocycles. The van der Waals surface area contributed by atoms with Gasteiger partial charge in [0, 0.05) is 30.7 Å². The van der Waals surface area contributed by atoms with E-state index in [0.717, 1.165) is 46.3 Å². The quantitative estimate of drug-likeness (QED) is 0.355. The number of para-hydroxylation sites is 1. The maximum absolute atomic E-state index is 13.7. The number of pyridine rings is 1. The molecule has 0 aliphatic rings. The molecule has 7 nitrogen and oxygen atoms in total. The Labute approximate surface area is 205 Å². The van der Waals surface area contributed by atoms with Gasteiger partial charge in [-0.3, -0.25) is 4.79 Å². The molecule has 4 aromatic rings. The molecule has 7 heteroatoms. The summed E-state index contributed by atoms with van der Waals surface area (Å²) < 4.78 is 18.7. The van der Waals surface area contributed by atoms with Crippen molar-refractivity contribution < 1.29 is 14.2 Å². The third-order valence-corrected chi connectivity index (χ3v) is 6.29. The number of anilines is 1. The van der Waals surface area contributed by atoms with Crippen LogP contribution < -0.4 is 25.0 Å². The Hall–Kier alpha value is -3.71. The van der Waals surface area contributed by atoms with Crippen molar-refractivity contribution >= 4 is 27.5 Å². The Bertz CT molecular complexity index is 1400. The smallest absolute Gasteiger partial charge is 0.203 e. The Morgan fingerprint density at radius 1 is 0.943 bits per heavy atom. The first-order valence-corrected chi connectivity index (χ1v) is 11.6. The molecule has 4 rings (SSSR count). The Balaban J connectivity index is 1.83. The zero-order valence-electron chi connectivity index (χ0n) is 21.3. The summed E-state index contributed by atoms with van der Waals surface area (Å²) in [6.45, 7) is 4.19. The number of nitrogens with one attached hydrogen (secondary N) is 1. The molecular formula is C28H33N3O4. The maximum atomic E-state index is 13.7. The minimum Gasteiger partial charge on any atom is -0.493 e. The van der Waals surface area contributed by atoms with Gasteiger partial charge in [0.15, 0.2) is 16.9 Å². The molecule has 1 aromatic heterocycles. The predicted molar refractivity (Wildman–Crippen MR) is 142 cm³/mol. The van der Waals surface area contributed by atoms with Crippen LogP contribution in [0.3, 0.4) is 0 Å². The molecule has 0 spiro atoms. The number of aryl methyl sites for hydroxylation is 1. The summed E-state index contributed by atoms with van der Waals surface area (Å²) in [4.78, 5) is 15.9. The Morgan fingerprint density at radius 3 is 2.26 bits per heavy atom. The molecule has 1 N–H and O–H groups in total. The van der Waals surface area contributed by atoms with Gasteiger partial charge in [0.05, 0.1) is 37.7 Å². The predicted octanol–water partition coefficient (Wildman–Crippen LogP) is 4.66. The second kappa shape index (κ2) is 10.3. The van der Waals surface area contributed by atoms with Gasteiger partial charge in [-0.25, -0.2) is 0 Å². The van der Waals surface area contributed by atoms with Crippen LogP contribution in [0.4, 0.5) is 5.69 Å². The highest BCUT2D eigenvalue weighted by atomic mass is 16.5. The number of benzene rings is 3. The van der Waals surface area contributed by atoms with Crippen molar-refractivity contribution in [3.63, 3.8) is 0 Å². The molecule has 0 radical (unpaired) electrons. The zero-order valence-corrected chi connectivity index (χ0v) is 21.3. The van der Waals surface area contributed by atoms with Crippen LogP contribution >= 0.6 is 0 Å². The molecule has 0 fully saturated rings. The van der Waals surface area contributed by atoms with Crippen molar-refractivity contribution in [2.24, 2.45) is 0 Å². The molecular weight excluding hydrogens is 442 g/mol. The minimum absolute atomic E-state index is 0.0350. The van der Waals surface area contributed by atoms with Crippen molar-refractivity contribution in [1.82, 2.24) is 9.47 Å². The zero-order chi connectivity index (χ0) is 25.1. The fraction of sp³-hybridized carbons (Fsp3) is 0.321. The van der Waals surface area contributed by atoms with Crippen LogP contribution in [-0.4, -0.2) is 51.4 Å². The Kier molecular flexibility index (Phi) is 7.17. The second-order valence-corrected chi connectivity index (χ2v) is 8.84. The summed E-state index contributed by atoms with van der Waals surface area (Å²) in [7, 11) is 8.90. The standard InChI is InChI=1S/C28H33N3O4/c1-18-9-7-10-20-26(18)31(14-13-30(2)3)22-12-8-11-21(25(22)27(20)32)29-17-19-15-23(33-4)28(35-6)24(16-19)34-5/h7-12,15-16,29H,13-14,17H2,1-6H3. The van der Waals surface area contributed by atoms with Crippen molar-refractivity contribution in [1.29, 1.82) is 0 Å². The maximum Gasteiger partial charge on any atom is 0.203 e. The molecule has 1 heterocycles. The van der Waals surface area contributed by atoms with Gasteiger partial charge < -0.3 is 29.0 Å². The third kappa shape index (κ3) is 4.64. The first-order chi connectivity index (χ1) is 16.9. The van der Waals surface area contributed by atoms with E-state index in [2.05, 4.69) is 41.9 Å². The van der Waals surface area contributed by atoms with Gasteiger partial charge in [-0.2, -0.15) is 0 Å². The number of fused-ring (bicyclic) bond motifs is 2. The normalized spacial score (nSPS) is 11.3. The molecule has 35 heavy (non-hydrogen) atoms. The lowest BCUT2D eigenvalue weighted by atomic mass is 10.0. The van der Waals surface area contributed by atoms with Crippen LogP contribution in [0.1, 0.15) is 11.1 Å². The van der Waals surface area contributed by atoms with E-state index in [4.69, 9.17) is 14.2 Å². The lowest BCUT2D eigenvalue weighted by molar-refractivity contribution is 0.324.